The molecule has 3 amide bonds. The molecular formula is C21H23N3O3. The summed E-state index contributed by atoms with van der Waals surface area (Å²) in [5.74, 6) is -0.848. The number of nitrogens with one attached hydrogen (secondary N) is 1. The molecule has 0 fully saturated rings. The van der Waals surface area contributed by atoms with Crippen molar-refractivity contribution in [1.82, 2.24) is 5.32 Å². The van der Waals surface area contributed by atoms with E-state index in [1.807, 2.05) is 54.6 Å². The first-order chi connectivity index (χ1) is 12.9. The number of likely N-dealkylation sites (N-methyl/N-ethyl adjacent to an activating group) is 1. The number of hydrogen-bond acceptors (Lipinski definition) is 3. The topological polar surface area (TPSA) is 92.5 Å². The van der Waals surface area contributed by atoms with E-state index in [0.29, 0.717) is 6.42 Å². The Labute approximate surface area is 158 Å². The molecule has 0 aromatic heterocycles. The zero-order valence-electron chi connectivity index (χ0n) is 15.3. The molecule has 0 spiro atoms. The minimum Gasteiger partial charge on any atom is -0.370 e. The van der Waals surface area contributed by atoms with Crippen molar-refractivity contribution in [3.8, 4) is 0 Å². The van der Waals surface area contributed by atoms with Gasteiger partial charge >= 0.3 is 0 Å². The minimum absolute atomic E-state index is 0.0147. The van der Waals surface area contributed by atoms with E-state index in [4.69, 9.17) is 5.73 Å². The summed E-state index contributed by atoms with van der Waals surface area (Å²) < 4.78 is 0. The van der Waals surface area contributed by atoms with Crippen molar-refractivity contribution in [2.45, 2.75) is 24.7 Å². The fraction of sp³-hybridized carbons (Fsp3) is 0.286. The van der Waals surface area contributed by atoms with Crippen molar-refractivity contribution < 1.29 is 14.4 Å². The normalized spacial score (nSPS) is 18.3. The van der Waals surface area contributed by atoms with Gasteiger partial charge in [-0.15, -0.1) is 0 Å². The Morgan fingerprint density at radius 1 is 1.07 bits per heavy atom. The lowest BCUT2D eigenvalue weighted by atomic mass is 9.73. The van der Waals surface area contributed by atoms with Crippen LogP contribution in [0.1, 0.15) is 24.0 Å². The van der Waals surface area contributed by atoms with Crippen LogP contribution in [-0.4, -0.2) is 31.3 Å². The molecule has 0 unspecified atom stereocenters. The number of carbonyl (C=O) groups is 3. The van der Waals surface area contributed by atoms with Crippen LogP contribution in [0.5, 0.6) is 0 Å². The molecule has 1 aliphatic rings. The highest BCUT2D eigenvalue weighted by atomic mass is 16.2. The van der Waals surface area contributed by atoms with Crippen LogP contribution in [0.3, 0.4) is 0 Å². The number of fused-ring (bicyclic) bond motifs is 1. The number of nitrogens with two attached hydrogens (primary N) is 1. The summed E-state index contributed by atoms with van der Waals surface area (Å²) in [5.41, 5.74) is 6.82. The van der Waals surface area contributed by atoms with Crippen molar-refractivity contribution >= 4 is 23.4 Å². The zero-order valence-corrected chi connectivity index (χ0v) is 15.3. The number of amides is 3. The second kappa shape index (κ2) is 7.61. The van der Waals surface area contributed by atoms with Gasteiger partial charge in [-0.05, 0) is 23.6 Å². The molecule has 3 rings (SSSR count). The molecule has 27 heavy (non-hydrogen) atoms. The van der Waals surface area contributed by atoms with Crippen LogP contribution in [0.2, 0.25) is 0 Å². The van der Waals surface area contributed by atoms with E-state index in [1.165, 1.54) is 0 Å². The Bertz CT molecular complexity index is 866. The van der Waals surface area contributed by atoms with Crippen molar-refractivity contribution in [2.24, 2.45) is 5.73 Å². The van der Waals surface area contributed by atoms with Gasteiger partial charge in [-0.1, -0.05) is 48.5 Å². The van der Waals surface area contributed by atoms with Crippen molar-refractivity contribution in [1.29, 1.82) is 0 Å². The smallest absolute Gasteiger partial charge is 0.238 e. The molecule has 6 nitrogen and oxygen atoms in total. The van der Waals surface area contributed by atoms with E-state index >= 15 is 0 Å². The summed E-state index contributed by atoms with van der Waals surface area (Å²) >= 11 is 0. The molecular weight excluding hydrogens is 342 g/mol. The lowest BCUT2D eigenvalue weighted by Gasteiger charge is -2.28. The zero-order chi connectivity index (χ0) is 19.4. The average Bonchev–Trinajstić information content (AvgIpc) is 2.85. The lowest BCUT2D eigenvalue weighted by molar-refractivity contribution is -0.129. The Morgan fingerprint density at radius 2 is 1.74 bits per heavy atom. The molecule has 2 aromatic carbocycles. The van der Waals surface area contributed by atoms with E-state index in [2.05, 4.69) is 5.32 Å². The predicted molar refractivity (Wildman–Crippen MR) is 103 cm³/mol. The summed E-state index contributed by atoms with van der Waals surface area (Å²) in [6.45, 7) is 0.168. The molecule has 0 aliphatic carbocycles. The van der Waals surface area contributed by atoms with Crippen LogP contribution in [0.15, 0.2) is 54.6 Å². The van der Waals surface area contributed by atoms with Crippen molar-refractivity contribution in [2.75, 3.05) is 18.5 Å². The maximum absolute atomic E-state index is 13.3. The van der Waals surface area contributed by atoms with Crippen LogP contribution in [-0.2, 0) is 26.2 Å². The van der Waals surface area contributed by atoms with Gasteiger partial charge in [-0.25, -0.2) is 0 Å². The van der Waals surface area contributed by atoms with E-state index in [1.54, 1.807) is 11.9 Å². The number of anilines is 1. The molecule has 0 bridgehead atoms. The second-order valence-corrected chi connectivity index (χ2v) is 6.87. The molecule has 0 saturated carbocycles. The van der Waals surface area contributed by atoms with Crippen LogP contribution in [0.25, 0.3) is 0 Å². The average molecular weight is 365 g/mol. The molecule has 3 N–H and O–H groups in total. The van der Waals surface area contributed by atoms with E-state index < -0.39 is 11.3 Å². The summed E-state index contributed by atoms with van der Waals surface area (Å²) in [6, 6.07) is 17.3. The predicted octanol–water partition coefficient (Wildman–Crippen LogP) is 1.53. The van der Waals surface area contributed by atoms with Crippen LogP contribution in [0.4, 0.5) is 5.69 Å². The van der Waals surface area contributed by atoms with Crippen LogP contribution >= 0.6 is 0 Å². The number of benzene rings is 2. The Hall–Kier alpha value is -3.15. The second-order valence-electron chi connectivity index (χ2n) is 6.87. The highest BCUT2D eigenvalue weighted by Crippen LogP contribution is 2.45. The number of carbonyl (C=O) groups excluding carboxylic acids is 3. The number of rotatable bonds is 7. The largest absolute Gasteiger partial charge is 0.370 e. The number of para-hydroxylation sites is 1. The van der Waals surface area contributed by atoms with Gasteiger partial charge < -0.3 is 16.0 Å². The lowest BCUT2D eigenvalue weighted by Crippen LogP contribution is -2.44. The van der Waals surface area contributed by atoms with Crippen molar-refractivity contribution in [3.63, 3.8) is 0 Å². The maximum Gasteiger partial charge on any atom is 0.238 e. The summed E-state index contributed by atoms with van der Waals surface area (Å²) in [5, 5.41) is 2.71. The van der Waals surface area contributed by atoms with Gasteiger partial charge in [0.05, 0.1) is 5.41 Å². The van der Waals surface area contributed by atoms with Gasteiger partial charge in [0.15, 0.2) is 0 Å². The monoisotopic (exact) mass is 365 g/mol. The molecule has 1 heterocycles. The van der Waals surface area contributed by atoms with E-state index in [9.17, 15) is 14.4 Å². The summed E-state index contributed by atoms with van der Waals surface area (Å²) in [4.78, 5) is 38.4. The fourth-order valence-corrected chi connectivity index (χ4v) is 3.73. The molecule has 0 radical (unpaired) electrons. The third kappa shape index (κ3) is 3.69. The van der Waals surface area contributed by atoms with Crippen LogP contribution < -0.4 is 16.0 Å². The quantitative estimate of drug-likeness (QED) is 0.779. The molecule has 1 aliphatic heterocycles. The SMILES string of the molecule is CN1C(=O)[C@](CC(=O)NCCC(N)=O)(Cc2ccccc2)c2ccccc21. The molecule has 140 valence electrons. The van der Waals surface area contributed by atoms with Gasteiger partial charge in [-0.3, -0.25) is 14.4 Å². The third-order valence-corrected chi connectivity index (χ3v) is 5.00. The minimum atomic E-state index is -0.969. The fourth-order valence-electron chi connectivity index (χ4n) is 3.73. The first kappa shape index (κ1) is 18.6. The van der Waals surface area contributed by atoms with Gasteiger partial charge in [0, 0.05) is 32.1 Å². The highest BCUT2D eigenvalue weighted by molar-refractivity contribution is 6.09. The molecule has 2 aromatic rings. The first-order valence-electron chi connectivity index (χ1n) is 8.90. The highest BCUT2D eigenvalue weighted by Gasteiger charge is 2.50. The van der Waals surface area contributed by atoms with Gasteiger partial charge in [0.25, 0.3) is 0 Å². The number of hydrogen-bond donors (Lipinski definition) is 2. The van der Waals surface area contributed by atoms with Gasteiger partial charge in [0.2, 0.25) is 17.7 Å². The number of primary amides is 1. The third-order valence-electron chi connectivity index (χ3n) is 5.00. The van der Waals surface area contributed by atoms with Crippen molar-refractivity contribution in [3.05, 3.63) is 65.7 Å². The Morgan fingerprint density at radius 3 is 2.44 bits per heavy atom. The Balaban J connectivity index is 1.94. The van der Waals surface area contributed by atoms with E-state index in [-0.39, 0.29) is 31.2 Å². The molecule has 6 heteroatoms. The number of nitrogens with zero attached hydrogens (tertiary/aromatic N) is 1. The van der Waals surface area contributed by atoms with Crippen LogP contribution in [0, 0.1) is 0 Å². The van der Waals surface area contributed by atoms with E-state index in [0.717, 1.165) is 16.8 Å². The Kier molecular flexibility index (Phi) is 5.26. The van der Waals surface area contributed by atoms with Gasteiger partial charge in [0.1, 0.15) is 0 Å². The first-order valence-corrected chi connectivity index (χ1v) is 8.90. The molecule has 0 saturated heterocycles. The summed E-state index contributed by atoms with van der Waals surface area (Å²) in [6.07, 6.45) is 0.514. The summed E-state index contributed by atoms with van der Waals surface area (Å²) in [7, 11) is 1.74. The standard InChI is InChI=1S/C21H23N3O3/c1-24-17-10-6-5-9-16(17)21(20(24)27,13-15-7-3-2-4-8-15)14-19(26)23-12-11-18(22)25/h2-10H,11-14H2,1H3,(H2,22,25)(H,23,26)/t21-/m0/s1. The molecule has 1 atom stereocenters. The van der Waals surface area contributed by atoms with Gasteiger partial charge in [-0.2, -0.15) is 0 Å². The maximum atomic E-state index is 13.3.